The summed E-state index contributed by atoms with van der Waals surface area (Å²) in [5.41, 5.74) is 6.68. The quantitative estimate of drug-likeness (QED) is 0.252. The van der Waals surface area contributed by atoms with Crippen molar-refractivity contribution in [3.63, 3.8) is 0 Å². The molecule has 2 aromatic heterocycles. The third-order valence-electron chi connectivity index (χ3n) is 5.85. The smallest absolute Gasteiger partial charge is 0.138 e. The van der Waals surface area contributed by atoms with E-state index in [9.17, 15) is 0 Å². The van der Waals surface area contributed by atoms with Crippen LogP contribution in [0.3, 0.4) is 0 Å². The summed E-state index contributed by atoms with van der Waals surface area (Å²) in [5, 5.41) is 2.44. The van der Waals surface area contributed by atoms with Gasteiger partial charge in [0.2, 0.25) is 0 Å². The van der Waals surface area contributed by atoms with E-state index in [-0.39, 0.29) is 0 Å². The van der Waals surface area contributed by atoms with Gasteiger partial charge >= 0.3 is 0 Å². The number of halogens is 1. The Balaban J connectivity index is 1.70. The molecule has 0 radical (unpaired) electrons. The van der Waals surface area contributed by atoms with Crippen molar-refractivity contribution in [2.24, 2.45) is 0 Å². The largest absolute Gasteiger partial charge is 0.294 e. The predicted octanol–water partition coefficient (Wildman–Crippen LogP) is 8.28. The lowest BCUT2D eigenvalue weighted by Crippen LogP contribution is -2.00. The Morgan fingerprint density at radius 1 is 0.531 bits per heavy atom. The number of benzene rings is 4. The number of aromatic nitrogens is 2. The molecule has 0 spiro atoms. The second-order valence-electron chi connectivity index (χ2n) is 7.85. The van der Waals surface area contributed by atoms with Crippen LogP contribution < -0.4 is 0 Å². The van der Waals surface area contributed by atoms with E-state index in [1.54, 1.807) is 0 Å². The van der Waals surface area contributed by atoms with Gasteiger partial charge in [-0.25, -0.2) is 4.98 Å². The van der Waals surface area contributed by atoms with E-state index < -0.39 is 0 Å². The molecule has 0 bridgehead atoms. The highest BCUT2D eigenvalue weighted by atomic mass is 79.9. The van der Waals surface area contributed by atoms with Gasteiger partial charge in [-0.05, 0) is 41.5 Å². The van der Waals surface area contributed by atoms with Crippen LogP contribution in [-0.4, -0.2) is 9.55 Å². The highest BCUT2D eigenvalue weighted by Gasteiger charge is 2.15. The Morgan fingerprint density at radius 3 is 1.97 bits per heavy atom. The molecule has 0 N–H and O–H groups in total. The van der Waals surface area contributed by atoms with Crippen molar-refractivity contribution in [2.45, 2.75) is 0 Å². The molecule has 0 aliphatic heterocycles. The van der Waals surface area contributed by atoms with Gasteiger partial charge < -0.3 is 0 Å². The molecule has 2 heterocycles. The topological polar surface area (TPSA) is 17.8 Å². The molecular formula is C29H19BrN2. The molecule has 6 aromatic rings. The van der Waals surface area contributed by atoms with Gasteiger partial charge in [-0.15, -0.1) is 0 Å². The van der Waals surface area contributed by atoms with Crippen molar-refractivity contribution in [1.29, 1.82) is 0 Å². The minimum absolute atomic E-state index is 0.912. The second-order valence-corrected chi connectivity index (χ2v) is 8.76. The molecule has 0 amide bonds. The van der Waals surface area contributed by atoms with Crippen molar-refractivity contribution in [3.05, 3.63) is 120 Å². The summed E-state index contributed by atoms with van der Waals surface area (Å²) >= 11 is 3.67. The summed E-state index contributed by atoms with van der Waals surface area (Å²) in [5.74, 6) is 0.912. The first-order valence-electron chi connectivity index (χ1n) is 10.6. The number of fused-ring (bicyclic) bond motifs is 3. The van der Waals surface area contributed by atoms with Gasteiger partial charge in [0.05, 0.1) is 16.7 Å². The van der Waals surface area contributed by atoms with Gasteiger partial charge in [0.15, 0.2) is 0 Å². The normalized spacial score (nSPS) is 11.3. The minimum atomic E-state index is 0.912. The molecule has 6 rings (SSSR count). The predicted molar refractivity (Wildman–Crippen MR) is 137 cm³/mol. The summed E-state index contributed by atoms with van der Waals surface area (Å²) in [4.78, 5) is 5.15. The SMILES string of the molecule is Brc1ccc2c3ccccc3n(-c3cc(-c4ccccc4)cc(-c4ccccc4)n3)c2c1. The van der Waals surface area contributed by atoms with Gasteiger partial charge in [0.1, 0.15) is 5.82 Å². The highest BCUT2D eigenvalue weighted by molar-refractivity contribution is 9.10. The molecule has 3 heteroatoms. The standard InChI is InChI=1S/C29H19BrN2/c30-23-15-16-25-24-13-7-8-14-27(24)32(28(25)19-23)29-18-22(20-9-3-1-4-10-20)17-26(31-29)21-11-5-2-6-12-21/h1-19H. The van der Waals surface area contributed by atoms with E-state index in [2.05, 4.69) is 124 Å². The number of para-hydroxylation sites is 1. The van der Waals surface area contributed by atoms with Gasteiger partial charge in [-0.2, -0.15) is 0 Å². The van der Waals surface area contributed by atoms with Gasteiger partial charge in [0.25, 0.3) is 0 Å². The van der Waals surface area contributed by atoms with Crippen molar-refractivity contribution in [3.8, 4) is 28.2 Å². The fraction of sp³-hybridized carbons (Fsp3) is 0. The second kappa shape index (κ2) is 7.77. The van der Waals surface area contributed by atoms with Crippen molar-refractivity contribution in [1.82, 2.24) is 9.55 Å². The summed E-state index contributed by atoms with van der Waals surface area (Å²) in [6.45, 7) is 0. The lowest BCUT2D eigenvalue weighted by atomic mass is 10.0. The third kappa shape index (κ3) is 3.22. The molecule has 0 atom stereocenters. The Bertz CT molecular complexity index is 1510. The summed E-state index contributed by atoms with van der Waals surface area (Å²) < 4.78 is 3.32. The molecule has 152 valence electrons. The van der Waals surface area contributed by atoms with Gasteiger partial charge in [0, 0.05) is 20.8 Å². The monoisotopic (exact) mass is 474 g/mol. The Kier molecular flexibility index (Phi) is 4.62. The molecule has 0 aliphatic carbocycles. The lowest BCUT2D eigenvalue weighted by Gasteiger charge is -2.13. The van der Waals surface area contributed by atoms with E-state index in [1.807, 2.05) is 12.1 Å². The first-order valence-corrected chi connectivity index (χ1v) is 11.4. The van der Waals surface area contributed by atoms with Crippen molar-refractivity contribution < 1.29 is 0 Å². The van der Waals surface area contributed by atoms with Crippen molar-refractivity contribution in [2.75, 3.05) is 0 Å². The van der Waals surface area contributed by atoms with Crippen molar-refractivity contribution >= 4 is 37.7 Å². The zero-order chi connectivity index (χ0) is 21.5. The summed E-state index contributed by atoms with van der Waals surface area (Å²) in [7, 11) is 0. The highest BCUT2D eigenvalue weighted by Crippen LogP contribution is 2.35. The maximum Gasteiger partial charge on any atom is 0.138 e. The number of hydrogen-bond acceptors (Lipinski definition) is 1. The zero-order valence-corrected chi connectivity index (χ0v) is 18.8. The summed E-state index contributed by atoms with van der Waals surface area (Å²) in [6, 6.07) is 40.2. The van der Waals surface area contributed by atoms with Crippen LogP contribution in [0.5, 0.6) is 0 Å². The minimum Gasteiger partial charge on any atom is -0.294 e. The van der Waals surface area contributed by atoms with Crippen LogP contribution in [0.1, 0.15) is 0 Å². The van der Waals surface area contributed by atoms with Crippen LogP contribution in [0.4, 0.5) is 0 Å². The first kappa shape index (κ1) is 19.0. The van der Waals surface area contributed by atoms with E-state index in [4.69, 9.17) is 4.98 Å². The van der Waals surface area contributed by atoms with E-state index in [0.29, 0.717) is 0 Å². The maximum absolute atomic E-state index is 5.15. The molecule has 0 unspecified atom stereocenters. The number of rotatable bonds is 3. The van der Waals surface area contributed by atoms with Crippen LogP contribution in [0, 0.1) is 0 Å². The number of nitrogens with zero attached hydrogens (tertiary/aromatic N) is 2. The Labute approximate surface area is 194 Å². The molecule has 4 aromatic carbocycles. The molecule has 0 fully saturated rings. The van der Waals surface area contributed by atoms with E-state index in [0.717, 1.165) is 38.1 Å². The molecule has 2 nitrogen and oxygen atoms in total. The number of hydrogen-bond donors (Lipinski definition) is 0. The lowest BCUT2D eigenvalue weighted by molar-refractivity contribution is 1.08. The number of pyridine rings is 1. The van der Waals surface area contributed by atoms with Crippen LogP contribution in [-0.2, 0) is 0 Å². The molecule has 0 aliphatic rings. The fourth-order valence-electron chi connectivity index (χ4n) is 4.38. The van der Waals surface area contributed by atoms with E-state index >= 15 is 0 Å². The molecule has 0 saturated carbocycles. The van der Waals surface area contributed by atoms with Gasteiger partial charge in [-0.3, -0.25) is 4.57 Å². The fourth-order valence-corrected chi connectivity index (χ4v) is 4.72. The van der Waals surface area contributed by atoms with Gasteiger partial charge in [-0.1, -0.05) is 101 Å². The van der Waals surface area contributed by atoms with Crippen LogP contribution in [0.2, 0.25) is 0 Å². The third-order valence-corrected chi connectivity index (χ3v) is 6.35. The average Bonchev–Trinajstić information content (AvgIpc) is 3.18. The van der Waals surface area contributed by atoms with E-state index in [1.165, 1.54) is 16.3 Å². The molecular weight excluding hydrogens is 456 g/mol. The maximum atomic E-state index is 5.15. The van der Waals surface area contributed by atoms with Crippen LogP contribution in [0.25, 0.3) is 50.0 Å². The Morgan fingerprint density at radius 2 is 1.19 bits per heavy atom. The molecule has 0 saturated heterocycles. The van der Waals surface area contributed by atoms with Crippen LogP contribution in [0.15, 0.2) is 120 Å². The summed E-state index contributed by atoms with van der Waals surface area (Å²) in [6.07, 6.45) is 0. The van der Waals surface area contributed by atoms with Crippen LogP contribution >= 0.6 is 15.9 Å². The average molecular weight is 475 g/mol. The Hall–Kier alpha value is -3.69. The molecule has 32 heavy (non-hydrogen) atoms. The first-order chi connectivity index (χ1) is 15.8. The zero-order valence-electron chi connectivity index (χ0n) is 17.2.